The molecule has 0 aromatic carbocycles. The highest BCUT2D eigenvalue weighted by molar-refractivity contribution is 5.58. The molecule has 3 rings (SSSR count). The van der Waals surface area contributed by atoms with Crippen LogP contribution in [0.4, 0.5) is 5.82 Å². The molecule has 1 atom stereocenters. The average molecular weight is 286 g/mol. The van der Waals surface area contributed by atoms with Crippen LogP contribution in [-0.2, 0) is 17.6 Å². The smallest absolute Gasteiger partial charge is 0.169 e. The quantitative estimate of drug-likeness (QED) is 0.851. The first-order valence-corrected chi connectivity index (χ1v) is 7.84. The van der Waals surface area contributed by atoms with Gasteiger partial charge < -0.3 is 9.64 Å². The molecule has 0 radical (unpaired) electrons. The Morgan fingerprint density at radius 3 is 2.76 bits per heavy atom. The highest BCUT2D eigenvalue weighted by Gasteiger charge is 2.42. The summed E-state index contributed by atoms with van der Waals surface area (Å²) in [5, 5.41) is 18.3. The number of hydrogen-bond acceptors (Lipinski definition) is 5. The molecule has 5 nitrogen and oxygen atoms in total. The monoisotopic (exact) mass is 286 g/mol. The SMILES string of the molecule is CCc1nnc(N2CC[C@@]3(CCOC3)C2)c(C#N)c1CC. The fourth-order valence-electron chi connectivity index (χ4n) is 3.59. The number of nitrogens with zero attached hydrogens (tertiary/aromatic N) is 4. The Hall–Kier alpha value is -1.67. The molecule has 3 heterocycles. The second-order valence-corrected chi connectivity index (χ2v) is 6.12. The molecular formula is C16H22N4O. The van der Waals surface area contributed by atoms with Crippen LogP contribution in [0, 0.1) is 16.7 Å². The van der Waals surface area contributed by atoms with Crippen LogP contribution in [0.2, 0.25) is 0 Å². The summed E-state index contributed by atoms with van der Waals surface area (Å²) in [5.41, 5.74) is 3.01. The van der Waals surface area contributed by atoms with E-state index in [2.05, 4.69) is 35.0 Å². The summed E-state index contributed by atoms with van der Waals surface area (Å²) in [6, 6.07) is 2.37. The Labute approximate surface area is 125 Å². The molecule has 112 valence electrons. The molecule has 0 amide bonds. The first-order chi connectivity index (χ1) is 10.2. The minimum absolute atomic E-state index is 0.268. The van der Waals surface area contributed by atoms with Gasteiger partial charge in [-0.15, -0.1) is 5.10 Å². The van der Waals surface area contributed by atoms with Crippen molar-refractivity contribution in [2.75, 3.05) is 31.2 Å². The van der Waals surface area contributed by atoms with Crippen molar-refractivity contribution in [3.05, 3.63) is 16.8 Å². The topological polar surface area (TPSA) is 62.0 Å². The third kappa shape index (κ3) is 2.38. The molecule has 1 aromatic heterocycles. The molecule has 0 bridgehead atoms. The predicted molar refractivity (Wildman–Crippen MR) is 80.2 cm³/mol. The number of aryl methyl sites for hydroxylation is 1. The van der Waals surface area contributed by atoms with Gasteiger partial charge in [0.2, 0.25) is 0 Å². The van der Waals surface area contributed by atoms with E-state index in [4.69, 9.17) is 4.74 Å². The fraction of sp³-hybridized carbons (Fsp3) is 0.688. The van der Waals surface area contributed by atoms with Gasteiger partial charge in [-0.25, -0.2) is 0 Å². The van der Waals surface area contributed by atoms with Gasteiger partial charge in [0, 0.05) is 25.1 Å². The van der Waals surface area contributed by atoms with Gasteiger partial charge in [-0.2, -0.15) is 10.4 Å². The zero-order chi connectivity index (χ0) is 14.9. The molecule has 0 aliphatic carbocycles. The van der Waals surface area contributed by atoms with E-state index < -0.39 is 0 Å². The zero-order valence-electron chi connectivity index (χ0n) is 12.9. The van der Waals surface area contributed by atoms with Crippen LogP contribution in [0.1, 0.15) is 43.5 Å². The molecule has 1 spiro atoms. The van der Waals surface area contributed by atoms with Crippen molar-refractivity contribution in [1.29, 1.82) is 5.26 Å². The van der Waals surface area contributed by atoms with Crippen molar-refractivity contribution >= 4 is 5.82 Å². The van der Waals surface area contributed by atoms with Crippen molar-refractivity contribution in [3.63, 3.8) is 0 Å². The van der Waals surface area contributed by atoms with E-state index in [1.807, 2.05) is 0 Å². The lowest BCUT2D eigenvalue weighted by molar-refractivity contribution is 0.160. The second kappa shape index (κ2) is 5.61. The van der Waals surface area contributed by atoms with Crippen LogP contribution >= 0.6 is 0 Å². The fourth-order valence-corrected chi connectivity index (χ4v) is 3.59. The van der Waals surface area contributed by atoms with E-state index in [9.17, 15) is 5.26 Å². The molecule has 0 N–H and O–H groups in total. The number of aromatic nitrogens is 2. The maximum Gasteiger partial charge on any atom is 0.169 e. The van der Waals surface area contributed by atoms with Crippen molar-refractivity contribution in [2.45, 2.75) is 39.5 Å². The van der Waals surface area contributed by atoms with Gasteiger partial charge in [0.1, 0.15) is 11.6 Å². The molecule has 2 aliphatic heterocycles. The van der Waals surface area contributed by atoms with E-state index >= 15 is 0 Å². The predicted octanol–water partition coefficient (Wildman–Crippen LogP) is 2.09. The molecule has 0 saturated carbocycles. The number of ether oxygens (including phenoxy) is 1. The van der Waals surface area contributed by atoms with Gasteiger partial charge in [0.15, 0.2) is 5.82 Å². The molecule has 0 unspecified atom stereocenters. The lowest BCUT2D eigenvalue weighted by Gasteiger charge is -2.23. The summed E-state index contributed by atoms with van der Waals surface area (Å²) < 4.78 is 5.58. The molecule has 2 saturated heterocycles. The lowest BCUT2D eigenvalue weighted by Crippen LogP contribution is -2.29. The summed E-state index contributed by atoms with van der Waals surface area (Å²) in [5.74, 6) is 0.773. The summed E-state index contributed by atoms with van der Waals surface area (Å²) in [6.07, 6.45) is 3.89. The van der Waals surface area contributed by atoms with Crippen LogP contribution in [0.3, 0.4) is 0 Å². The maximum absolute atomic E-state index is 9.60. The largest absolute Gasteiger partial charge is 0.381 e. The Bertz CT molecular complexity index is 572. The van der Waals surface area contributed by atoms with Gasteiger partial charge in [-0.1, -0.05) is 13.8 Å². The van der Waals surface area contributed by atoms with Gasteiger partial charge in [0.25, 0.3) is 0 Å². The lowest BCUT2D eigenvalue weighted by atomic mass is 9.87. The van der Waals surface area contributed by atoms with Gasteiger partial charge in [-0.3, -0.25) is 0 Å². The van der Waals surface area contributed by atoms with E-state index in [-0.39, 0.29) is 5.41 Å². The van der Waals surface area contributed by atoms with Crippen LogP contribution in [-0.4, -0.2) is 36.5 Å². The van der Waals surface area contributed by atoms with E-state index in [0.29, 0.717) is 0 Å². The average Bonchev–Trinajstić information content (AvgIpc) is 3.16. The van der Waals surface area contributed by atoms with Crippen LogP contribution in [0.25, 0.3) is 0 Å². The first-order valence-electron chi connectivity index (χ1n) is 7.84. The van der Waals surface area contributed by atoms with Crippen LogP contribution in [0.15, 0.2) is 0 Å². The summed E-state index contributed by atoms with van der Waals surface area (Å²) in [6.45, 7) is 7.72. The number of rotatable bonds is 3. The molecule has 2 aliphatic rings. The van der Waals surface area contributed by atoms with Gasteiger partial charge in [-0.05, 0) is 31.2 Å². The minimum Gasteiger partial charge on any atom is -0.381 e. The van der Waals surface area contributed by atoms with Crippen LogP contribution in [0.5, 0.6) is 0 Å². The van der Waals surface area contributed by atoms with Crippen molar-refractivity contribution in [1.82, 2.24) is 10.2 Å². The highest BCUT2D eigenvalue weighted by Crippen LogP contribution is 2.40. The number of nitriles is 1. The summed E-state index contributed by atoms with van der Waals surface area (Å²) >= 11 is 0. The third-order valence-corrected chi connectivity index (χ3v) is 4.86. The summed E-state index contributed by atoms with van der Waals surface area (Å²) in [7, 11) is 0. The van der Waals surface area contributed by atoms with Crippen LogP contribution < -0.4 is 4.90 Å². The maximum atomic E-state index is 9.60. The second-order valence-electron chi connectivity index (χ2n) is 6.12. The normalized spacial score (nSPS) is 24.7. The Balaban J connectivity index is 1.94. The highest BCUT2D eigenvalue weighted by atomic mass is 16.5. The molecule has 2 fully saturated rings. The van der Waals surface area contributed by atoms with Crippen molar-refractivity contribution in [2.24, 2.45) is 5.41 Å². The molecular weight excluding hydrogens is 264 g/mol. The zero-order valence-corrected chi connectivity index (χ0v) is 12.9. The molecule has 1 aromatic rings. The molecule has 5 heteroatoms. The summed E-state index contributed by atoms with van der Waals surface area (Å²) in [4.78, 5) is 2.23. The standard InChI is InChI=1S/C16H22N4O/c1-3-12-13(9-17)15(19-18-14(12)4-2)20-7-5-16(10-20)6-8-21-11-16/h3-8,10-11H2,1-2H3/t16-/m1/s1. The van der Waals surface area contributed by atoms with Gasteiger partial charge >= 0.3 is 0 Å². The Morgan fingerprint density at radius 2 is 2.14 bits per heavy atom. The first kappa shape index (κ1) is 14.3. The number of anilines is 1. The van der Waals surface area contributed by atoms with Gasteiger partial charge in [0.05, 0.1) is 12.3 Å². The van der Waals surface area contributed by atoms with Crippen molar-refractivity contribution in [3.8, 4) is 6.07 Å². The minimum atomic E-state index is 0.268. The third-order valence-electron chi connectivity index (χ3n) is 4.86. The number of hydrogen-bond donors (Lipinski definition) is 0. The van der Waals surface area contributed by atoms with E-state index in [1.54, 1.807) is 0 Å². The Morgan fingerprint density at radius 1 is 1.29 bits per heavy atom. The van der Waals surface area contributed by atoms with E-state index in [1.165, 1.54) is 0 Å². The molecule has 21 heavy (non-hydrogen) atoms. The Kier molecular flexibility index (Phi) is 3.81. The van der Waals surface area contributed by atoms with E-state index in [0.717, 1.165) is 74.6 Å². The van der Waals surface area contributed by atoms with Crippen molar-refractivity contribution < 1.29 is 4.74 Å².